The van der Waals surface area contributed by atoms with Crippen LogP contribution in [0, 0.1) is 0 Å². The number of benzene rings is 1. The minimum Gasteiger partial charge on any atom is -0.304 e. The van der Waals surface area contributed by atoms with E-state index in [0.717, 1.165) is 6.54 Å². The van der Waals surface area contributed by atoms with Crippen LogP contribution < -0.4 is 0 Å². The molecule has 0 spiro atoms. The van der Waals surface area contributed by atoms with Crippen LogP contribution in [0.25, 0.3) is 11.1 Å². The molecule has 1 aliphatic heterocycles. The minimum atomic E-state index is 0.539. The molecular weight excluding hydrogens is 210 g/mol. The van der Waals surface area contributed by atoms with Crippen LogP contribution in [0.4, 0.5) is 0 Å². The van der Waals surface area contributed by atoms with E-state index in [0.29, 0.717) is 6.04 Å². The predicted octanol–water partition coefficient (Wildman–Crippen LogP) is 2.43. The van der Waals surface area contributed by atoms with Crippen LogP contribution in [0.2, 0.25) is 0 Å². The molecule has 3 heteroatoms. The fraction of sp³-hybridized carbons (Fsp3) is 0.357. The van der Waals surface area contributed by atoms with Crippen molar-refractivity contribution < 1.29 is 0 Å². The number of likely N-dealkylation sites (N-methyl/N-ethyl adjacent to an activating group) is 1. The zero-order chi connectivity index (χ0) is 11.7. The molecule has 3 nitrogen and oxygen atoms in total. The molecule has 2 heterocycles. The van der Waals surface area contributed by atoms with Gasteiger partial charge in [-0.2, -0.15) is 5.10 Å². The Bertz CT molecular complexity index is 489. The Morgan fingerprint density at radius 1 is 1.18 bits per heavy atom. The summed E-state index contributed by atoms with van der Waals surface area (Å²) in [5.74, 6) is 0. The van der Waals surface area contributed by atoms with Crippen LogP contribution >= 0.6 is 0 Å². The molecular formula is C14H17N3. The lowest BCUT2D eigenvalue weighted by Gasteiger charge is -2.10. The van der Waals surface area contributed by atoms with Crippen molar-refractivity contribution in [3.8, 4) is 11.1 Å². The Balaban J connectivity index is 1.84. The van der Waals surface area contributed by atoms with Gasteiger partial charge in [-0.05, 0) is 25.6 Å². The fourth-order valence-electron chi connectivity index (χ4n) is 2.45. The summed E-state index contributed by atoms with van der Waals surface area (Å²) >= 11 is 0. The molecule has 0 amide bonds. The predicted molar refractivity (Wildman–Crippen MR) is 68.8 cm³/mol. The zero-order valence-corrected chi connectivity index (χ0v) is 10.1. The second-order valence-electron chi connectivity index (χ2n) is 4.78. The fourth-order valence-corrected chi connectivity index (χ4v) is 2.45. The van der Waals surface area contributed by atoms with Crippen molar-refractivity contribution in [3.05, 3.63) is 42.7 Å². The number of nitrogens with zero attached hydrogens (tertiary/aromatic N) is 3. The molecule has 1 fully saturated rings. The van der Waals surface area contributed by atoms with Gasteiger partial charge in [-0.1, -0.05) is 30.3 Å². The van der Waals surface area contributed by atoms with Crippen LogP contribution in [0.5, 0.6) is 0 Å². The maximum absolute atomic E-state index is 4.50. The summed E-state index contributed by atoms with van der Waals surface area (Å²) in [4.78, 5) is 2.36. The van der Waals surface area contributed by atoms with Gasteiger partial charge in [0.15, 0.2) is 0 Å². The van der Waals surface area contributed by atoms with Crippen molar-refractivity contribution in [2.24, 2.45) is 0 Å². The number of aromatic nitrogens is 2. The van der Waals surface area contributed by atoms with Gasteiger partial charge < -0.3 is 4.90 Å². The Labute approximate surface area is 102 Å². The highest BCUT2D eigenvalue weighted by molar-refractivity contribution is 5.61. The Morgan fingerprint density at radius 2 is 2.00 bits per heavy atom. The summed E-state index contributed by atoms with van der Waals surface area (Å²) in [5.41, 5.74) is 2.45. The third kappa shape index (κ3) is 2.11. The van der Waals surface area contributed by atoms with E-state index < -0.39 is 0 Å². The lowest BCUT2D eigenvalue weighted by Crippen LogP contribution is -2.16. The van der Waals surface area contributed by atoms with Crippen molar-refractivity contribution in [2.45, 2.75) is 12.5 Å². The van der Waals surface area contributed by atoms with Crippen LogP contribution in [-0.4, -0.2) is 34.8 Å². The summed E-state index contributed by atoms with van der Waals surface area (Å²) in [6.45, 7) is 2.28. The Morgan fingerprint density at radius 3 is 2.71 bits per heavy atom. The van der Waals surface area contributed by atoms with E-state index in [1.807, 2.05) is 12.3 Å². The molecule has 1 aromatic carbocycles. The standard InChI is InChI=1S/C14H17N3/c1-16-8-7-14(11-16)17-10-13(9-15-17)12-5-3-2-4-6-12/h2-6,9-10,14H,7-8,11H2,1H3. The molecule has 1 saturated heterocycles. The third-order valence-corrected chi connectivity index (χ3v) is 3.45. The topological polar surface area (TPSA) is 21.1 Å². The van der Waals surface area contributed by atoms with Crippen molar-refractivity contribution in [1.82, 2.24) is 14.7 Å². The molecule has 3 rings (SSSR count). The van der Waals surface area contributed by atoms with E-state index in [-0.39, 0.29) is 0 Å². The largest absolute Gasteiger partial charge is 0.304 e. The van der Waals surface area contributed by atoms with Crippen LogP contribution in [-0.2, 0) is 0 Å². The van der Waals surface area contributed by atoms with E-state index in [9.17, 15) is 0 Å². The first-order chi connectivity index (χ1) is 8.33. The highest BCUT2D eigenvalue weighted by Crippen LogP contribution is 2.23. The van der Waals surface area contributed by atoms with Gasteiger partial charge >= 0.3 is 0 Å². The van der Waals surface area contributed by atoms with Gasteiger partial charge in [-0.25, -0.2) is 0 Å². The molecule has 88 valence electrons. The molecule has 1 aliphatic rings. The van der Waals surface area contributed by atoms with Crippen molar-refractivity contribution in [1.29, 1.82) is 0 Å². The minimum absolute atomic E-state index is 0.539. The summed E-state index contributed by atoms with van der Waals surface area (Å²) in [6, 6.07) is 11.0. The average Bonchev–Trinajstić information content (AvgIpc) is 2.98. The molecule has 2 aromatic rings. The zero-order valence-electron chi connectivity index (χ0n) is 10.1. The summed E-state index contributed by atoms with van der Waals surface area (Å²) in [6.07, 6.45) is 5.33. The Kier molecular flexibility index (Phi) is 2.69. The van der Waals surface area contributed by atoms with Crippen molar-refractivity contribution >= 4 is 0 Å². The molecule has 0 saturated carbocycles. The number of hydrogen-bond donors (Lipinski definition) is 0. The first-order valence-electron chi connectivity index (χ1n) is 6.11. The second-order valence-corrected chi connectivity index (χ2v) is 4.78. The quantitative estimate of drug-likeness (QED) is 0.785. The van der Waals surface area contributed by atoms with Gasteiger partial charge in [0.05, 0.1) is 12.2 Å². The lowest BCUT2D eigenvalue weighted by atomic mass is 10.1. The lowest BCUT2D eigenvalue weighted by molar-refractivity contribution is 0.382. The number of likely N-dealkylation sites (tertiary alicyclic amines) is 1. The number of hydrogen-bond acceptors (Lipinski definition) is 2. The van der Waals surface area contributed by atoms with E-state index >= 15 is 0 Å². The summed E-state index contributed by atoms with van der Waals surface area (Å²) in [5, 5.41) is 4.50. The third-order valence-electron chi connectivity index (χ3n) is 3.45. The molecule has 1 aromatic heterocycles. The highest BCUT2D eigenvalue weighted by Gasteiger charge is 2.21. The van der Waals surface area contributed by atoms with Gasteiger partial charge in [-0.3, -0.25) is 4.68 Å². The molecule has 0 N–H and O–H groups in total. The van der Waals surface area contributed by atoms with Crippen LogP contribution in [0.1, 0.15) is 12.5 Å². The average molecular weight is 227 g/mol. The molecule has 1 unspecified atom stereocenters. The SMILES string of the molecule is CN1CCC(n2cc(-c3ccccc3)cn2)C1. The first-order valence-corrected chi connectivity index (χ1v) is 6.11. The van der Waals surface area contributed by atoms with Gasteiger partial charge in [0, 0.05) is 18.3 Å². The maximum Gasteiger partial charge on any atom is 0.0658 e. The highest BCUT2D eigenvalue weighted by atomic mass is 15.3. The van der Waals surface area contributed by atoms with Crippen LogP contribution in [0.3, 0.4) is 0 Å². The van der Waals surface area contributed by atoms with Gasteiger partial charge in [-0.15, -0.1) is 0 Å². The monoisotopic (exact) mass is 227 g/mol. The van der Waals surface area contributed by atoms with Gasteiger partial charge in [0.2, 0.25) is 0 Å². The molecule has 1 atom stereocenters. The molecule has 0 aliphatic carbocycles. The van der Waals surface area contributed by atoms with E-state index in [2.05, 4.69) is 52.2 Å². The van der Waals surface area contributed by atoms with Crippen LogP contribution in [0.15, 0.2) is 42.7 Å². The smallest absolute Gasteiger partial charge is 0.0658 e. The van der Waals surface area contributed by atoms with Crippen molar-refractivity contribution in [3.63, 3.8) is 0 Å². The first kappa shape index (κ1) is 10.5. The van der Waals surface area contributed by atoms with E-state index in [1.165, 1.54) is 24.1 Å². The van der Waals surface area contributed by atoms with E-state index in [4.69, 9.17) is 0 Å². The normalized spacial score (nSPS) is 20.9. The molecule has 0 radical (unpaired) electrons. The number of rotatable bonds is 2. The summed E-state index contributed by atoms with van der Waals surface area (Å²) < 4.78 is 2.12. The van der Waals surface area contributed by atoms with Gasteiger partial charge in [0.1, 0.15) is 0 Å². The maximum atomic E-state index is 4.50. The van der Waals surface area contributed by atoms with Crippen molar-refractivity contribution in [2.75, 3.05) is 20.1 Å². The molecule has 0 bridgehead atoms. The summed E-state index contributed by atoms with van der Waals surface area (Å²) in [7, 11) is 2.17. The molecule has 17 heavy (non-hydrogen) atoms. The van der Waals surface area contributed by atoms with E-state index in [1.54, 1.807) is 0 Å². The Hall–Kier alpha value is -1.61. The van der Waals surface area contributed by atoms with Gasteiger partial charge in [0.25, 0.3) is 0 Å². The second kappa shape index (κ2) is 4.34.